The van der Waals surface area contributed by atoms with E-state index in [0.29, 0.717) is 0 Å². The molecule has 0 unspecified atom stereocenters. The normalized spacial score (nSPS) is 11.5. The van der Waals surface area contributed by atoms with E-state index in [4.69, 9.17) is 0 Å². The van der Waals surface area contributed by atoms with Crippen molar-refractivity contribution in [3.05, 3.63) is 72.1 Å². The van der Waals surface area contributed by atoms with Crippen LogP contribution in [0.4, 0.5) is 0 Å². The maximum atomic E-state index is 4.42. The van der Waals surface area contributed by atoms with Crippen molar-refractivity contribution in [3.8, 4) is 0 Å². The lowest BCUT2D eigenvalue weighted by Gasteiger charge is -2.11. The van der Waals surface area contributed by atoms with Crippen LogP contribution in [-0.2, 0) is 13.0 Å². The van der Waals surface area contributed by atoms with Crippen molar-refractivity contribution in [2.24, 2.45) is 0 Å². The Labute approximate surface area is 167 Å². The zero-order valence-corrected chi connectivity index (χ0v) is 16.8. The quantitative estimate of drug-likeness (QED) is 0.247. The topological polar surface area (TPSA) is 30.7 Å². The summed E-state index contributed by atoms with van der Waals surface area (Å²) in [4.78, 5) is 0. The van der Waals surface area contributed by atoms with Gasteiger partial charge in [0, 0.05) is 6.20 Å². The van der Waals surface area contributed by atoms with Gasteiger partial charge >= 0.3 is 0 Å². The SMILES string of the molecule is CCCCCCCCc1cn(Cc2c3ccccc3cc3ccccc23)nn1. The smallest absolute Gasteiger partial charge is 0.0827 e. The molecule has 0 bridgehead atoms. The summed E-state index contributed by atoms with van der Waals surface area (Å²) in [5.74, 6) is 0. The summed E-state index contributed by atoms with van der Waals surface area (Å²) < 4.78 is 2.00. The van der Waals surface area contributed by atoms with Gasteiger partial charge in [-0.25, -0.2) is 4.68 Å². The van der Waals surface area contributed by atoms with E-state index in [-0.39, 0.29) is 0 Å². The monoisotopic (exact) mass is 371 g/mol. The Balaban J connectivity index is 1.51. The third kappa shape index (κ3) is 4.24. The van der Waals surface area contributed by atoms with Gasteiger partial charge in [0.05, 0.1) is 12.2 Å². The first-order valence-electron chi connectivity index (χ1n) is 10.6. The van der Waals surface area contributed by atoms with Crippen molar-refractivity contribution in [2.45, 2.75) is 58.4 Å². The number of unbranched alkanes of at least 4 members (excludes halogenated alkanes) is 5. The Morgan fingerprint density at radius 3 is 2.14 bits per heavy atom. The molecule has 4 aromatic rings. The molecule has 3 aromatic carbocycles. The molecule has 144 valence electrons. The van der Waals surface area contributed by atoms with Crippen LogP contribution in [-0.4, -0.2) is 15.0 Å². The number of hydrogen-bond acceptors (Lipinski definition) is 2. The van der Waals surface area contributed by atoms with Crippen molar-refractivity contribution < 1.29 is 0 Å². The van der Waals surface area contributed by atoms with Gasteiger partial charge in [-0.2, -0.15) is 0 Å². The second-order valence-electron chi connectivity index (χ2n) is 7.72. The molecule has 0 fully saturated rings. The maximum Gasteiger partial charge on any atom is 0.0827 e. The Morgan fingerprint density at radius 2 is 1.43 bits per heavy atom. The third-order valence-electron chi connectivity index (χ3n) is 5.58. The number of rotatable bonds is 9. The first-order valence-corrected chi connectivity index (χ1v) is 10.6. The number of fused-ring (bicyclic) bond motifs is 2. The van der Waals surface area contributed by atoms with Gasteiger partial charge in [0.15, 0.2) is 0 Å². The fourth-order valence-corrected chi connectivity index (χ4v) is 4.06. The van der Waals surface area contributed by atoms with Gasteiger partial charge in [0.1, 0.15) is 0 Å². The second-order valence-corrected chi connectivity index (χ2v) is 7.72. The van der Waals surface area contributed by atoms with Gasteiger partial charge < -0.3 is 0 Å². The predicted octanol–water partition coefficient (Wildman–Crippen LogP) is 6.54. The summed E-state index contributed by atoms with van der Waals surface area (Å²) in [5, 5.41) is 14.0. The molecule has 0 amide bonds. The van der Waals surface area contributed by atoms with Crippen LogP contribution in [0.1, 0.15) is 56.7 Å². The van der Waals surface area contributed by atoms with E-state index in [2.05, 4.69) is 78.0 Å². The van der Waals surface area contributed by atoms with Crippen molar-refractivity contribution in [1.82, 2.24) is 15.0 Å². The van der Waals surface area contributed by atoms with E-state index in [1.807, 2.05) is 4.68 Å². The summed E-state index contributed by atoms with van der Waals surface area (Å²) in [6.45, 7) is 3.02. The molecule has 0 aliphatic heterocycles. The number of benzene rings is 3. The van der Waals surface area contributed by atoms with Crippen molar-refractivity contribution in [1.29, 1.82) is 0 Å². The van der Waals surface area contributed by atoms with Crippen molar-refractivity contribution in [2.75, 3.05) is 0 Å². The number of aromatic nitrogens is 3. The Morgan fingerprint density at radius 1 is 0.786 bits per heavy atom. The highest BCUT2D eigenvalue weighted by Crippen LogP contribution is 2.29. The number of hydrogen-bond donors (Lipinski definition) is 0. The lowest BCUT2D eigenvalue weighted by atomic mass is 9.97. The molecule has 1 heterocycles. The van der Waals surface area contributed by atoms with E-state index in [0.717, 1.165) is 18.7 Å². The van der Waals surface area contributed by atoms with E-state index < -0.39 is 0 Å². The van der Waals surface area contributed by atoms with Crippen LogP contribution in [0.2, 0.25) is 0 Å². The molecule has 3 heteroatoms. The molecule has 0 aliphatic rings. The Hall–Kier alpha value is -2.68. The first-order chi connectivity index (χ1) is 13.8. The molecule has 0 spiro atoms. The minimum Gasteiger partial charge on any atom is -0.248 e. The minimum atomic E-state index is 0.755. The maximum absolute atomic E-state index is 4.42. The van der Waals surface area contributed by atoms with E-state index >= 15 is 0 Å². The summed E-state index contributed by atoms with van der Waals surface area (Å²) >= 11 is 0. The van der Waals surface area contributed by atoms with Crippen LogP contribution in [0.15, 0.2) is 60.8 Å². The Bertz CT molecular complexity index is 994. The number of nitrogens with zero attached hydrogens (tertiary/aromatic N) is 3. The van der Waals surface area contributed by atoms with E-state index in [9.17, 15) is 0 Å². The largest absolute Gasteiger partial charge is 0.248 e. The van der Waals surface area contributed by atoms with Crippen LogP contribution in [0.25, 0.3) is 21.5 Å². The van der Waals surface area contributed by atoms with E-state index in [1.54, 1.807) is 0 Å². The van der Waals surface area contributed by atoms with Gasteiger partial charge in [-0.1, -0.05) is 92.8 Å². The second kappa shape index (κ2) is 9.01. The predicted molar refractivity (Wildman–Crippen MR) is 118 cm³/mol. The molecule has 1 aromatic heterocycles. The minimum absolute atomic E-state index is 0.755. The zero-order chi connectivity index (χ0) is 19.2. The lowest BCUT2D eigenvalue weighted by Crippen LogP contribution is -2.02. The fourth-order valence-electron chi connectivity index (χ4n) is 4.06. The standard InChI is InChI=1S/C25H29N3/c1-2-3-4-5-6-7-14-22-18-28(27-26-22)19-25-23-15-10-8-12-20(23)17-21-13-9-11-16-24(21)25/h8-13,15-18H,2-7,14,19H2,1H3. The van der Waals surface area contributed by atoms with Crippen molar-refractivity contribution >= 4 is 21.5 Å². The average molecular weight is 372 g/mol. The third-order valence-corrected chi connectivity index (χ3v) is 5.58. The van der Waals surface area contributed by atoms with Crippen LogP contribution in [0.3, 0.4) is 0 Å². The summed E-state index contributed by atoms with van der Waals surface area (Å²) in [5.41, 5.74) is 2.43. The van der Waals surface area contributed by atoms with E-state index in [1.165, 1.54) is 65.6 Å². The fraction of sp³-hybridized carbons (Fsp3) is 0.360. The number of aryl methyl sites for hydroxylation is 1. The summed E-state index contributed by atoms with van der Waals surface area (Å²) in [7, 11) is 0. The molecular formula is C25H29N3. The summed E-state index contributed by atoms with van der Waals surface area (Å²) in [6.07, 6.45) is 11.0. The first kappa shape index (κ1) is 18.7. The van der Waals surface area contributed by atoms with Crippen LogP contribution in [0, 0.1) is 0 Å². The molecule has 0 radical (unpaired) electrons. The summed E-state index contributed by atoms with van der Waals surface area (Å²) in [6, 6.07) is 19.5. The van der Waals surface area contributed by atoms with Gasteiger partial charge in [0.25, 0.3) is 0 Å². The van der Waals surface area contributed by atoms with Gasteiger partial charge in [-0.15, -0.1) is 5.10 Å². The molecule has 0 atom stereocenters. The van der Waals surface area contributed by atoms with Gasteiger partial charge in [0.2, 0.25) is 0 Å². The highest BCUT2D eigenvalue weighted by molar-refractivity contribution is 6.02. The molecular weight excluding hydrogens is 342 g/mol. The van der Waals surface area contributed by atoms with Crippen molar-refractivity contribution in [3.63, 3.8) is 0 Å². The van der Waals surface area contributed by atoms with Gasteiger partial charge in [-0.05, 0) is 46.0 Å². The highest BCUT2D eigenvalue weighted by Gasteiger charge is 2.09. The molecule has 0 saturated carbocycles. The molecule has 0 saturated heterocycles. The highest BCUT2D eigenvalue weighted by atomic mass is 15.4. The van der Waals surface area contributed by atoms with Gasteiger partial charge in [-0.3, -0.25) is 0 Å². The van der Waals surface area contributed by atoms with Crippen LogP contribution < -0.4 is 0 Å². The average Bonchev–Trinajstić information content (AvgIpc) is 3.18. The van der Waals surface area contributed by atoms with Crippen LogP contribution in [0.5, 0.6) is 0 Å². The lowest BCUT2D eigenvalue weighted by molar-refractivity contribution is 0.604. The molecule has 0 aliphatic carbocycles. The molecule has 0 N–H and O–H groups in total. The Kier molecular flexibility index (Phi) is 6.01. The molecule has 4 rings (SSSR count). The molecule has 28 heavy (non-hydrogen) atoms. The molecule has 3 nitrogen and oxygen atoms in total. The van der Waals surface area contributed by atoms with Crippen LogP contribution >= 0.6 is 0 Å². The zero-order valence-electron chi connectivity index (χ0n) is 16.8.